The van der Waals surface area contributed by atoms with Crippen molar-refractivity contribution in [3.63, 3.8) is 0 Å². The quantitative estimate of drug-likeness (QED) is 0.462. The zero-order valence-corrected chi connectivity index (χ0v) is 20.2. The molecule has 0 aromatic carbocycles. The smallest absolute Gasteiger partial charge is 0.227 e. The maximum absolute atomic E-state index is 5.28. The molecule has 10 nitrogen and oxygen atoms in total. The van der Waals surface area contributed by atoms with Gasteiger partial charge in [0.1, 0.15) is 11.6 Å². The van der Waals surface area contributed by atoms with Gasteiger partial charge in [-0.05, 0) is 33.1 Å². The molecule has 2 aliphatic heterocycles. The number of rotatable bonds is 12. The number of unbranched alkanes of at least 4 members (excludes halogenated alkanes) is 1. The summed E-state index contributed by atoms with van der Waals surface area (Å²) in [6, 6.07) is 4.74. The normalized spacial score (nSPS) is 16.1. The van der Waals surface area contributed by atoms with Crippen LogP contribution in [0.15, 0.2) is 12.1 Å². The van der Waals surface area contributed by atoms with Crippen LogP contribution in [0.4, 0.5) is 23.5 Å². The lowest BCUT2D eigenvalue weighted by Crippen LogP contribution is -2.40. The van der Waals surface area contributed by atoms with Gasteiger partial charge >= 0.3 is 0 Å². The van der Waals surface area contributed by atoms with Gasteiger partial charge in [-0.25, -0.2) is 9.97 Å². The van der Waals surface area contributed by atoms with E-state index in [2.05, 4.69) is 48.4 Å². The zero-order chi connectivity index (χ0) is 23.2. The third-order valence-electron chi connectivity index (χ3n) is 5.92. The Morgan fingerprint density at radius 1 is 0.848 bits per heavy atom. The summed E-state index contributed by atoms with van der Waals surface area (Å²) >= 11 is 0. The summed E-state index contributed by atoms with van der Waals surface area (Å²) in [5, 5.41) is 6.87. The van der Waals surface area contributed by atoms with E-state index in [-0.39, 0.29) is 0 Å². The van der Waals surface area contributed by atoms with Crippen molar-refractivity contribution >= 4 is 23.5 Å². The van der Waals surface area contributed by atoms with E-state index in [1.54, 1.807) is 0 Å². The second-order valence-electron chi connectivity index (χ2n) is 8.89. The monoisotopic (exact) mass is 456 g/mol. The first kappa shape index (κ1) is 23.4. The van der Waals surface area contributed by atoms with Crippen molar-refractivity contribution in [2.75, 3.05) is 74.0 Å². The molecule has 0 saturated carbocycles. The number of ether oxygens (including phenoxy) is 2. The summed E-state index contributed by atoms with van der Waals surface area (Å²) < 4.78 is 10.5. The van der Waals surface area contributed by atoms with E-state index in [0.717, 1.165) is 93.7 Å². The highest BCUT2D eigenvalue weighted by Crippen LogP contribution is 2.19. The highest BCUT2D eigenvalue weighted by molar-refractivity contribution is 5.45. The minimum atomic E-state index is 0.340. The Labute approximate surface area is 196 Å². The van der Waals surface area contributed by atoms with Crippen LogP contribution in [-0.4, -0.2) is 85.6 Å². The third kappa shape index (κ3) is 6.42. The first-order valence-corrected chi connectivity index (χ1v) is 11.8. The number of anilines is 4. The molecule has 2 saturated heterocycles. The number of hydrogen-bond donors (Lipinski definition) is 2. The molecule has 2 aromatic rings. The fourth-order valence-corrected chi connectivity index (χ4v) is 3.61. The van der Waals surface area contributed by atoms with Gasteiger partial charge in [-0.1, -0.05) is 0 Å². The van der Waals surface area contributed by atoms with Crippen LogP contribution < -0.4 is 20.4 Å². The van der Waals surface area contributed by atoms with Crippen LogP contribution in [0.1, 0.15) is 31.2 Å². The van der Waals surface area contributed by atoms with Crippen LogP contribution in [0.25, 0.3) is 0 Å². The van der Waals surface area contributed by atoms with E-state index in [0.29, 0.717) is 12.1 Å². The molecule has 180 valence electrons. The topological polar surface area (TPSA) is 101 Å². The molecule has 0 atom stereocenters. The number of hydrogen-bond acceptors (Lipinski definition) is 10. The van der Waals surface area contributed by atoms with Gasteiger partial charge in [0.2, 0.25) is 11.9 Å². The van der Waals surface area contributed by atoms with Crippen molar-refractivity contribution in [1.82, 2.24) is 19.9 Å². The number of nitrogens with one attached hydrogen (secondary N) is 2. The van der Waals surface area contributed by atoms with E-state index in [1.165, 1.54) is 0 Å². The standard InChI is InChI=1S/C23H36N8O2/c1-5-30(3)23-27-17(11-21(29-23)26-19-14-33-15-19)8-6-7-9-31(4)22-24-16(2)10-20(28-22)25-18-12-32-13-18/h10-11,18-19H,5-9,12-15H2,1-4H3,(H,24,25,28)(H,26,27,29). The van der Waals surface area contributed by atoms with Crippen molar-refractivity contribution in [3.05, 3.63) is 23.5 Å². The van der Waals surface area contributed by atoms with E-state index in [9.17, 15) is 0 Å². The fraction of sp³-hybridized carbons (Fsp3) is 0.652. The van der Waals surface area contributed by atoms with Gasteiger partial charge in [-0.15, -0.1) is 0 Å². The van der Waals surface area contributed by atoms with Crippen molar-refractivity contribution in [2.24, 2.45) is 0 Å². The highest BCUT2D eigenvalue weighted by Gasteiger charge is 2.20. The Kier molecular flexibility index (Phi) is 7.77. The van der Waals surface area contributed by atoms with Crippen LogP contribution >= 0.6 is 0 Å². The lowest BCUT2D eigenvalue weighted by molar-refractivity contribution is 0.0209. The van der Waals surface area contributed by atoms with Crippen LogP contribution in [0.3, 0.4) is 0 Å². The van der Waals surface area contributed by atoms with Gasteiger partial charge in [0.25, 0.3) is 0 Å². The molecule has 4 heterocycles. The first-order valence-electron chi connectivity index (χ1n) is 11.8. The van der Waals surface area contributed by atoms with Gasteiger partial charge in [0.15, 0.2) is 0 Å². The highest BCUT2D eigenvalue weighted by atomic mass is 16.5. The Balaban J connectivity index is 1.31. The fourth-order valence-electron chi connectivity index (χ4n) is 3.61. The minimum absolute atomic E-state index is 0.340. The van der Waals surface area contributed by atoms with E-state index >= 15 is 0 Å². The maximum atomic E-state index is 5.28. The third-order valence-corrected chi connectivity index (χ3v) is 5.92. The first-order chi connectivity index (χ1) is 16.0. The minimum Gasteiger partial charge on any atom is -0.377 e. The average molecular weight is 457 g/mol. The maximum Gasteiger partial charge on any atom is 0.227 e. The number of aromatic nitrogens is 4. The molecule has 0 spiro atoms. The molecule has 0 bridgehead atoms. The lowest BCUT2D eigenvalue weighted by atomic mass is 10.1. The molecule has 10 heteroatoms. The predicted octanol–water partition coefficient (Wildman–Crippen LogP) is 2.11. The zero-order valence-electron chi connectivity index (χ0n) is 20.2. The predicted molar refractivity (Wildman–Crippen MR) is 130 cm³/mol. The van der Waals surface area contributed by atoms with Gasteiger partial charge in [-0.3, -0.25) is 0 Å². The molecule has 0 unspecified atom stereocenters. The van der Waals surface area contributed by atoms with Gasteiger partial charge < -0.3 is 29.9 Å². The molecule has 2 aliphatic rings. The van der Waals surface area contributed by atoms with Gasteiger partial charge in [0, 0.05) is 50.7 Å². The molecular weight excluding hydrogens is 420 g/mol. The second-order valence-corrected chi connectivity index (χ2v) is 8.89. The average Bonchev–Trinajstić information content (AvgIpc) is 2.75. The summed E-state index contributed by atoms with van der Waals surface area (Å²) in [5.74, 6) is 3.26. The van der Waals surface area contributed by atoms with Crippen molar-refractivity contribution < 1.29 is 9.47 Å². The van der Waals surface area contributed by atoms with Crippen LogP contribution in [0.5, 0.6) is 0 Å². The summed E-state index contributed by atoms with van der Waals surface area (Å²) in [7, 11) is 4.07. The Bertz CT molecular complexity index is 919. The Morgan fingerprint density at radius 2 is 1.45 bits per heavy atom. The molecule has 2 fully saturated rings. The van der Waals surface area contributed by atoms with Crippen LogP contribution in [0, 0.1) is 6.92 Å². The van der Waals surface area contributed by atoms with E-state index in [4.69, 9.17) is 14.5 Å². The molecule has 2 N–H and O–H groups in total. The summed E-state index contributed by atoms with van der Waals surface area (Å²) in [6.07, 6.45) is 2.95. The molecule has 0 radical (unpaired) electrons. The SMILES string of the molecule is CCN(C)c1nc(CCCCN(C)c2nc(C)cc(NC3COC3)n2)cc(NC2COC2)n1. The molecule has 2 aromatic heterocycles. The lowest BCUT2D eigenvalue weighted by Gasteiger charge is -2.28. The van der Waals surface area contributed by atoms with E-state index in [1.807, 2.05) is 27.1 Å². The Morgan fingerprint density at radius 3 is 2.03 bits per heavy atom. The molecular formula is C23H36N8O2. The summed E-state index contributed by atoms with van der Waals surface area (Å²) in [5.41, 5.74) is 2.02. The van der Waals surface area contributed by atoms with Crippen molar-refractivity contribution in [3.8, 4) is 0 Å². The molecule has 33 heavy (non-hydrogen) atoms. The van der Waals surface area contributed by atoms with E-state index < -0.39 is 0 Å². The molecule has 0 aliphatic carbocycles. The van der Waals surface area contributed by atoms with Gasteiger partial charge in [-0.2, -0.15) is 9.97 Å². The summed E-state index contributed by atoms with van der Waals surface area (Å²) in [6.45, 7) is 8.79. The van der Waals surface area contributed by atoms with Crippen molar-refractivity contribution in [1.29, 1.82) is 0 Å². The van der Waals surface area contributed by atoms with Gasteiger partial charge in [0.05, 0.1) is 38.5 Å². The molecule has 4 rings (SSSR count). The number of aryl methyl sites for hydroxylation is 2. The Hall–Kier alpha value is -2.72. The van der Waals surface area contributed by atoms with Crippen LogP contribution in [-0.2, 0) is 15.9 Å². The molecule has 0 amide bonds. The second kappa shape index (κ2) is 10.9. The van der Waals surface area contributed by atoms with Crippen LogP contribution in [0.2, 0.25) is 0 Å². The largest absolute Gasteiger partial charge is 0.377 e. The van der Waals surface area contributed by atoms with Crippen molar-refractivity contribution in [2.45, 2.75) is 45.2 Å². The number of nitrogens with zero attached hydrogens (tertiary/aromatic N) is 6. The summed E-state index contributed by atoms with van der Waals surface area (Å²) in [4.78, 5) is 22.9.